The monoisotopic (exact) mass is 393 g/mol. The third kappa shape index (κ3) is 4.69. The number of thiophene rings is 1. The predicted octanol–water partition coefficient (Wildman–Crippen LogP) is 0.401. The first-order valence-corrected chi connectivity index (χ1v) is 10.1. The molecule has 1 saturated heterocycles. The van der Waals surface area contributed by atoms with Crippen molar-refractivity contribution in [2.75, 3.05) is 26.2 Å². The molecule has 0 aliphatic carbocycles. The molecule has 1 aromatic rings. The van der Waals surface area contributed by atoms with E-state index in [1.165, 1.54) is 16.4 Å². The maximum Gasteiger partial charge on any atom is 0.252 e. The average molecular weight is 394 g/mol. The van der Waals surface area contributed by atoms with Crippen LogP contribution in [-0.2, 0) is 19.6 Å². The first-order valence-electron chi connectivity index (χ1n) is 7.43. The van der Waals surface area contributed by atoms with Gasteiger partial charge in [0.25, 0.3) is 10.0 Å². The van der Waals surface area contributed by atoms with Gasteiger partial charge in [0.2, 0.25) is 5.91 Å². The molecule has 0 aromatic carbocycles. The summed E-state index contributed by atoms with van der Waals surface area (Å²) >= 11 is 6.79. The Bertz CT molecular complexity index is 711. The summed E-state index contributed by atoms with van der Waals surface area (Å²) in [5, 5.41) is 10.5. The number of rotatable bonds is 6. The number of carbonyl (C=O) groups is 2. The van der Waals surface area contributed by atoms with Crippen LogP contribution in [0.1, 0.15) is 19.8 Å². The zero-order valence-corrected chi connectivity index (χ0v) is 15.5. The number of sulfonamides is 1. The molecule has 2 heterocycles. The molecule has 0 radical (unpaired) electrons. The van der Waals surface area contributed by atoms with Gasteiger partial charge in [-0.15, -0.1) is 11.3 Å². The Labute approximate surface area is 149 Å². The summed E-state index contributed by atoms with van der Waals surface area (Å²) < 4.78 is 26.9. The van der Waals surface area contributed by atoms with Crippen molar-refractivity contribution in [2.24, 2.45) is 5.92 Å². The largest absolute Gasteiger partial charge is 0.550 e. The maximum atomic E-state index is 12.5. The number of aliphatic carboxylic acids is 1. The molecule has 1 aliphatic rings. The summed E-state index contributed by atoms with van der Waals surface area (Å²) in [5.74, 6) is -1.65. The molecule has 0 saturated carbocycles. The van der Waals surface area contributed by atoms with E-state index in [2.05, 4.69) is 0 Å². The number of carboxylic acids is 1. The van der Waals surface area contributed by atoms with Crippen molar-refractivity contribution >= 4 is 44.8 Å². The molecule has 0 N–H and O–H groups in total. The molecule has 1 aliphatic heterocycles. The van der Waals surface area contributed by atoms with Crippen molar-refractivity contribution in [1.29, 1.82) is 0 Å². The normalized spacial score (nSPS) is 17.7. The Morgan fingerprint density at radius 3 is 2.38 bits per heavy atom. The minimum absolute atomic E-state index is 0.112. The van der Waals surface area contributed by atoms with Crippen molar-refractivity contribution in [3.05, 3.63) is 16.5 Å². The molecule has 1 fully saturated rings. The fraction of sp³-hybridized carbons (Fsp3) is 0.571. The molecule has 1 atom stereocenters. The Morgan fingerprint density at radius 1 is 1.25 bits per heavy atom. The molecule has 134 valence electrons. The van der Waals surface area contributed by atoms with Gasteiger partial charge in [0, 0.05) is 38.6 Å². The van der Waals surface area contributed by atoms with Crippen LogP contribution in [0, 0.1) is 5.92 Å². The summed E-state index contributed by atoms with van der Waals surface area (Å²) in [6.45, 7) is 2.66. The highest BCUT2D eigenvalue weighted by molar-refractivity contribution is 7.91. The Morgan fingerprint density at radius 2 is 1.88 bits per heavy atom. The van der Waals surface area contributed by atoms with Gasteiger partial charge < -0.3 is 14.8 Å². The second-order valence-corrected chi connectivity index (χ2v) is 9.61. The first kappa shape index (κ1) is 19.2. The molecule has 0 unspecified atom stereocenters. The quantitative estimate of drug-likeness (QED) is 0.696. The number of nitrogens with zero attached hydrogens (tertiary/aromatic N) is 2. The topological polar surface area (TPSA) is 97.8 Å². The van der Waals surface area contributed by atoms with E-state index in [-0.39, 0.29) is 55.1 Å². The van der Waals surface area contributed by atoms with Crippen LogP contribution in [0.15, 0.2) is 16.3 Å². The molecule has 1 amide bonds. The Balaban J connectivity index is 1.91. The van der Waals surface area contributed by atoms with Gasteiger partial charge in [-0.3, -0.25) is 4.79 Å². The second-order valence-electron chi connectivity index (χ2n) is 5.73. The van der Waals surface area contributed by atoms with E-state index in [1.807, 2.05) is 0 Å². The second kappa shape index (κ2) is 7.81. The van der Waals surface area contributed by atoms with Crippen molar-refractivity contribution in [1.82, 2.24) is 9.21 Å². The van der Waals surface area contributed by atoms with Gasteiger partial charge in [0.15, 0.2) is 0 Å². The van der Waals surface area contributed by atoms with E-state index >= 15 is 0 Å². The van der Waals surface area contributed by atoms with Gasteiger partial charge >= 0.3 is 0 Å². The molecule has 7 nitrogen and oxygen atoms in total. The smallest absolute Gasteiger partial charge is 0.252 e. The molecule has 24 heavy (non-hydrogen) atoms. The molecule has 1 aromatic heterocycles. The SMILES string of the molecule is C[C@@H](CC(=O)[O-])CC(=O)N1CCN(S(=O)(=O)c2ccc(Cl)s2)CC1. The lowest BCUT2D eigenvalue weighted by molar-refractivity contribution is -0.306. The molecule has 0 spiro atoms. The lowest BCUT2D eigenvalue weighted by Crippen LogP contribution is -2.50. The van der Waals surface area contributed by atoms with Crippen LogP contribution in [-0.4, -0.2) is 55.7 Å². The summed E-state index contributed by atoms with van der Waals surface area (Å²) in [6, 6.07) is 3.01. The van der Waals surface area contributed by atoms with Crippen molar-refractivity contribution in [2.45, 2.75) is 24.0 Å². The fourth-order valence-corrected chi connectivity index (χ4v) is 5.58. The number of halogens is 1. The van der Waals surface area contributed by atoms with Gasteiger partial charge in [-0.2, -0.15) is 4.31 Å². The van der Waals surface area contributed by atoms with Crippen molar-refractivity contribution < 1.29 is 23.1 Å². The summed E-state index contributed by atoms with van der Waals surface area (Å²) in [6.07, 6.45) is -0.0551. The summed E-state index contributed by atoms with van der Waals surface area (Å²) in [5.41, 5.74) is 0. The van der Waals surface area contributed by atoms with E-state index in [0.717, 1.165) is 11.3 Å². The van der Waals surface area contributed by atoms with E-state index in [4.69, 9.17) is 11.6 Å². The van der Waals surface area contributed by atoms with Gasteiger partial charge in [-0.1, -0.05) is 18.5 Å². The minimum Gasteiger partial charge on any atom is -0.550 e. The highest BCUT2D eigenvalue weighted by atomic mass is 35.5. The van der Waals surface area contributed by atoms with E-state index in [9.17, 15) is 23.1 Å². The van der Waals surface area contributed by atoms with Crippen molar-refractivity contribution in [3.63, 3.8) is 0 Å². The molecular weight excluding hydrogens is 376 g/mol. The summed E-state index contributed by atoms with van der Waals surface area (Å²) in [4.78, 5) is 24.3. The number of hydrogen-bond donors (Lipinski definition) is 0. The number of piperazine rings is 1. The lowest BCUT2D eigenvalue weighted by Gasteiger charge is -2.34. The van der Waals surface area contributed by atoms with Crippen LogP contribution in [0.2, 0.25) is 4.34 Å². The number of amides is 1. The number of carboxylic acid groups (broad SMARTS) is 1. The fourth-order valence-electron chi connectivity index (χ4n) is 2.53. The van der Waals surface area contributed by atoms with E-state index in [0.29, 0.717) is 4.34 Å². The van der Waals surface area contributed by atoms with Gasteiger partial charge in [-0.25, -0.2) is 8.42 Å². The first-order chi connectivity index (χ1) is 11.2. The van der Waals surface area contributed by atoms with Crippen molar-refractivity contribution in [3.8, 4) is 0 Å². The van der Waals surface area contributed by atoms with Gasteiger partial charge in [0.1, 0.15) is 4.21 Å². The van der Waals surface area contributed by atoms with Crippen LogP contribution in [0.25, 0.3) is 0 Å². The molecule has 2 rings (SSSR count). The third-order valence-electron chi connectivity index (χ3n) is 3.77. The lowest BCUT2D eigenvalue weighted by atomic mass is 10.0. The highest BCUT2D eigenvalue weighted by Crippen LogP contribution is 2.28. The maximum absolute atomic E-state index is 12.5. The molecule has 10 heteroatoms. The zero-order valence-electron chi connectivity index (χ0n) is 13.1. The molecular formula is C14H18ClN2O5S2-. The Kier molecular flexibility index (Phi) is 6.24. The van der Waals surface area contributed by atoms with Crippen LogP contribution >= 0.6 is 22.9 Å². The van der Waals surface area contributed by atoms with Crippen LogP contribution in [0.5, 0.6) is 0 Å². The standard InChI is InChI=1S/C14H19ClN2O5S2/c1-10(9-13(19)20)8-12(18)16-4-6-17(7-5-16)24(21,22)14-3-2-11(15)23-14/h2-3,10H,4-9H2,1H3,(H,19,20)/p-1/t10-/m1/s1. The summed E-state index contributed by atoms with van der Waals surface area (Å²) in [7, 11) is -3.59. The van der Waals surface area contributed by atoms with Gasteiger partial charge in [-0.05, 0) is 24.5 Å². The average Bonchev–Trinajstić information content (AvgIpc) is 2.93. The van der Waals surface area contributed by atoms with Crippen LogP contribution in [0.3, 0.4) is 0 Å². The zero-order chi connectivity index (χ0) is 17.9. The Hall–Kier alpha value is -1.16. The van der Waals surface area contributed by atoms with Crippen LogP contribution in [0.4, 0.5) is 0 Å². The number of carbonyl (C=O) groups excluding carboxylic acids is 2. The third-order valence-corrected chi connectivity index (χ3v) is 7.37. The van der Waals surface area contributed by atoms with Crippen LogP contribution < -0.4 is 5.11 Å². The highest BCUT2D eigenvalue weighted by Gasteiger charge is 2.31. The number of hydrogen-bond acceptors (Lipinski definition) is 6. The van der Waals surface area contributed by atoms with E-state index in [1.54, 1.807) is 11.8 Å². The predicted molar refractivity (Wildman–Crippen MR) is 88.1 cm³/mol. The van der Waals surface area contributed by atoms with E-state index < -0.39 is 16.0 Å². The van der Waals surface area contributed by atoms with Gasteiger partial charge in [0.05, 0.1) is 4.34 Å². The molecule has 0 bridgehead atoms. The minimum atomic E-state index is -3.59.